The van der Waals surface area contributed by atoms with Gasteiger partial charge in [-0.1, -0.05) is 12.1 Å². The fourth-order valence-electron chi connectivity index (χ4n) is 3.20. The standard InChI is InChI=1S/C17H17N2O6P.2Na/c20-17-12-3-1-2-4-13(12)18-14-9-11(19-5-7-24-8-6-19)10-15(16(14)17)25-26(21,22)23;;/h1-4,9-10H,5-8H2,(H,18,20)(H2,21,22,23);;/q;2*+1/p-2. The van der Waals surface area contributed by atoms with E-state index in [0.29, 0.717) is 48.4 Å². The molecule has 0 radical (unpaired) electrons. The minimum atomic E-state index is -5.33. The van der Waals surface area contributed by atoms with Crippen LogP contribution < -0.4 is 83.8 Å². The van der Waals surface area contributed by atoms with Crippen molar-refractivity contribution in [3.8, 4) is 5.75 Å². The number of hydrogen-bond acceptors (Lipinski definition) is 7. The number of nitrogens with one attached hydrogen (secondary N) is 1. The van der Waals surface area contributed by atoms with E-state index in [-0.39, 0.29) is 70.3 Å². The molecule has 1 fully saturated rings. The van der Waals surface area contributed by atoms with Crippen LogP contribution in [0.5, 0.6) is 5.75 Å². The Labute approximate surface area is 205 Å². The first kappa shape index (κ1) is 23.9. The van der Waals surface area contributed by atoms with Crippen LogP contribution in [-0.4, -0.2) is 31.3 Å². The van der Waals surface area contributed by atoms with Crippen LogP contribution in [0.25, 0.3) is 21.8 Å². The Morgan fingerprint density at radius 1 is 1.07 bits per heavy atom. The summed E-state index contributed by atoms with van der Waals surface area (Å²) in [5.74, 6) is -0.260. The van der Waals surface area contributed by atoms with Crippen LogP contribution in [0.15, 0.2) is 41.2 Å². The Morgan fingerprint density at radius 2 is 1.75 bits per heavy atom. The van der Waals surface area contributed by atoms with Crippen molar-refractivity contribution < 1.29 is 82.7 Å². The maximum atomic E-state index is 12.9. The fraction of sp³-hybridized carbons (Fsp3) is 0.235. The molecule has 28 heavy (non-hydrogen) atoms. The molecule has 136 valence electrons. The van der Waals surface area contributed by atoms with Gasteiger partial charge in [-0.3, -0.25) is 4.79 Å². The van der Waals surface area contributed by atoms with E-state index in [1.807, 2.05) is 4.90 Å². The van der Waals surface area contributed by atoms with E-state index >= 15 is 0 Å². The maximum Gasteiger partial charge on any atom is 1.00 e. The number of aromatic amines is 1. The predicted octanol–water partition coefficient (Wildman–Crippen LogP) is -5.27. The molecule has 2 aromatic carbocycles. The molecule has 11 heteroatoms. The van der Waals surface area contributed by atoms with Gasteiger partial charge < -0.3 is 33.5 Å². The summed E-state index contributed by atoms with van der Waals surface area (Å²) in [6.07, 6.45) is 0. The van der Waals surface area contributed by atoms with Crippen molar-refractivity contribution in [2.24, 2.45) is 0 Å². The molecule has 2 heterocycles. The van der Waals surface area contributed by atoms with Gasteiger partial charge in [-0.15, -0.1) is 0 Å². The van der Waals surface area contributed by atoms with Crippen molar-refractivity contribution in [1.29, 1.82) is 0 Å². The summed E-state index contributed by atoms with van der Waals surface area (Å²) in [6.45, 7) is 2.28. The van der Waals surface area contributed by atoms with Crippen molar-refractivity contribution in [2.75, 3.05) is 31.2 Å². The van der Waals surface area contributed by atoms with E-state index in [2.05, 4.69) is 9.51 Å². The van der Waals surface area contributed by atoms with Gasteiger partial charge in [-0.2, -0.15) is 0 Å². The van der Waals surface area contributed by atoms with Crippen molar-refractivity contribution in [2.45, 2.75) is 0 Å². The van der Waals surface area contributed by atoms with Gasteiger partial charge in [0.05, 0.1) is 24.1 Å². The largest absolute Gasteiger partial charge is 1.00 e. The number of H-pyrrole nitrogens is 1. The molecule has 0 saturated carbocycles. The van der Waals surface area contributed by atoms with Gasteiger partial charge in [-0.05, 0) is 18.2 Å². The van der Waals surface area contributed by atoms with E-state index in [1.54, 1.807) is 30.3 Å². The predicted molar refractivity (Wildman–Crippen MR) is 93.3 cm³/mol. The molecular formula is C17H15N2Na2O6P. The molecule has 0 spiro atoms. The summed E-state index contributed by atoms with van der Waals surface area (Å²) in [5.41, 5.74) is 1.27. The molecule has 1 saturated heterocycles. The van der Waals surface area contributed by atoms with Crippen LogP contribution in [0.1, 0.15) is 0 Å². The topological polar surface area (TPSA) is 118 Å². The molecule has 1 N–H and O–H groups in total. The number of nitrogens with zero attached hydrogens (tertiary/aromatic N) is 1. The third-order valence-electron chi connectivity index (χ3n) is 4.34. The molecule has 1 aliphatic heterocycles. The first-order chi connectivity index (χ1) is 12.4. The van der Waals surface area contributed by atoms with E-state index in [9.17, 15) is 19.1 Å². The minimum Gasteiger partial charge on any atom is -0.780 e. The Bertz CT molecular complexity index is 1090. The SMILES string of the molecule is O=c1c2ccccc2[nH]c2cc(N3CCOCC3)cc(OP(=O)([O-])[O-])c12.[Na+].[Na+]. The number of aromatic nitrogens is 1. The van der Waals surface area contributed by atoms with Crippen molar-refractivity contribution >= 4 is 35.3 Å². The summed E-state index contributed by atoms with van der Waals surface area (Å²) < 4.78 is 21.2. The first-order valence-electron chi connectivity index (χ1n) is 8.05. The van der Waals surface area contributed by atoms with E-state index in [0.717, 1.165) is 0 Å². The minimum absolute atomic E-state index is 0. The molecule has 0 amide bonds. The Hall–Kier alpha value is -0.380. The summed E-state index contributed by atoms with van der Waals surface area (Å²) in [6, 6.07) is 10.0. The number of benzene rings is 2. The summed E-state index contributed by atoms with van der Waals surface area (Å²) in [7, 11) is -5.33. The van der Waals surface area contributed by atoms with Crippen LogP contribution in [0, 0.1) is 0 Å². The fourth-order valence-corrected chi connectivity index (χ4v) is 3.59. The molecule has 1 aliphatic rings. The number of rotatable bonds is 3. The van der Waals surface area contributed by atoms with Gasteiger partial charge in [0.25, 0.3) is 0 Å². The zero-order valence-electron chi connectivity index (χ0n) is 15.6. The van der Waals surface area contributed by atoms with Crippen LogP contribution in [0.3, 0.4) is 0 Å². The summed E-state index contributed by atoms with van der Waals surface area (Å²) >= 11 is 0. The molecule has 0 atom stereocenters. The molecule has 4 rings (SSSR count). The number of ether oxygens (including phenoxy) is 1. The molecule has 0 aliphatic carbocycles. The molecular weight excluding hydrogens is 405 g/mol. The Morgan fingerprint density at radius 3 is 2.43 bits per heavy atom. The second kappa shape index (κ2) is 9.62. The molecule has 3 aromatic rings. The Balaban J connectivity index is 0.00000140. The average Bonchev–Trinajstić information content (AvgIpc) is 2.61. The number of phosphoric acid groups is 1. The van der Waals surface area contributed by atoms with Gasteiger partial charge in [0.15, 0.2) is 0 Å². The van der Waals surface area contributed by atoms with Crippen LogP contribution in [0.4, 0.5) is 5.69 Å². The monoisotopic (exact) mass is 420 g/mol. The van der Waals surface area contributed by atoms with Crippen molar-refractivity contribution in [1.82, 2.24) is 4.98 Å². The van der Waals surface area contributed by atoms with Gasteiger partial charge in [0.2, 0.25) is 5.43 Å². The number of hydrogen-bond donors (Lipinski definition) is 1. The third-order valence-corrected chi connectivity index (χ3v) is 4.76. The second-order valence-electron chi connectivity index (χ2n) is 6.00. The molecule has 8 nitrogen and oxygen atoms in total. The van der Waals surface area contributed by atoms with Crippen molar-refractivity contribution in [3.63, 3.8) is 0 Å². The van der Waals surface area contributed by atoms with E-state index in [1.165, 1.54) is 6.07 Å². The zero-order valence-corrected chi connectivity index (χ0v) is 20.5. The van der Waals surface area contributed by atoms with Gasteiger partial charge >= 0.3 is 59.1 Å². The Kier molecular flexibility index (Phi) is 8.21. The van der Waals surface area contributed by atoms with Gasteiger partial charge in [0.1, 0.15) is 13.6 Å². The molecule has 0 bridgehead atoms. The van der Waals surface area contributed by atoms with E-state index < -0.39 is 13.3 Å². The smallest absolute Gasteiger partial charge is 0.780 e. The van der Waals surface area contributed by atoms with Crippen LogP contribution >= 0.6 is 7.82 Å². The van der Waals surface area contributed by atoms with Gasteiger partial charge in [0, 0.05) is 35.7 Å². The van der Waals surface area contributed by atoms with E-state index in [4.69, 9.17) is 4.74 Å². The molecule has 1 aromatic heterocycles. The second-order valence-corrected chi connectivity index (χ2v) is 7.08. The quantitative estimate of drug-likeness (QED) is 0.256. The number of fused-ring (bicyclic) bond motifs is 2. The normalized spacial score (nSPS) is 14.4. The molecule has 0 unspecified atom stereocenters. The number of para-hydroxylation sites is 1. The number of anilines is 1. The van der Waals surface area contributed by atoms with Crippen LogP contribution in [0.2, 0.25) is 0 Å². The average molecular weight is 420 g/mol. The number of phosphoric ester groups is 1. The van der Waals surface area contributed by atoms with Gasteiger partial charge in [-0.25, -0.2) is 0 Å². The van der Waals surface area contributed by atoms with Crippen LogP contribution in [-0.2, 0) is 9.30 Å². The third kappa shape index (κ3) is 5.02. The number of morpholine rings is 1. The number of pyridine rings is 1. The zero-order chi connectivity index (χ0) is 18.3. The first-order valence-corrected chi connectivity index (χ1v) is 9.51. The maximum absolute atomic E-state index is 12.9. The van der Waals surface area contributed by atoms with Crippen molar-refractivity contribution in [3.05, 3.63) is 46.6 Å². The summed E-state index contributed by atoms with van der Waals surface area (Å²) in [5, 5.41) is 0.420. The summed E-state index contributed by atoms with van der Waals surface area (Å²) in [4.78, 5) is 40.4.